The van der Waals surface area contributed by atoms with Gasteiger partial charge in [-0.1, -0.05) is 18.7 Å². The fourth-order valence-corrected chi connectivity index (χ4v) is 5.90. The fraction of sp³-hybridized carbons (Fsp3) is 0.290. The van der Waals surface area contributed by atoms with Crippen molar-refractivity contribution in [2.75, 3.05) is 45.0 Å². The van der Waals surface area contributed by atoms with Gasteiger partial charge < -0.3 is 20.4 Å². The number of imidazole rings is 1. The molecule has 2 N–H and O–H groups in total. The summed E-state index contributed by atoms with van der Waals surface area (Å²) in [6.07, 6.45) is -1.27. The second-order valence-electron chi connectivity index (χ2n) is 10.9. The Morgan fingerprint density at radius 3 is 2.34 bits per heavy atom. The number of anilines is 1. The Morgan fingerprint density at radius 1 is 0.977 bits per heavy atom. The number of hydrogen-bond donors (Lipinski definition) is 1. The molecular weight excluding hydrogens is 578 g/mol. The molecule has 2 aromatic heterocycles. The lowest BCUT2D eigenvalue weighted by Gasteiger charge is -2.36. The minimum absolute atomic E-state index is 0.0545. The second-order valence-corrected chi connectivity index (χ2v) is 10.9. The highest BCUT2D eigenvalue weighted by molar-refractivity contribution is 5.87. The van der Waals surface area contributed by atoms with Crippen LogP contribution in [0.1, 0.15) is 23.5 Å². The number of fused-ring (bicyclic) bond motifs is 1. The van der Waals surface area contributed by atoms with Gasteiger partial charge in [-0.2, -0.15) is 13.2 Å². The van der Waals surface area contributed by atoms with E-state index in [1.807, 2.05) is 12.1 Å². The number of halogens is 4. The molecule has 0 spiro atoms. The van der Waals surface area contributed by atoms with E-state index in [-0.39, 0.29) is 40.5 Å². The number of aromatic nitrogens is 3. The van der Waals surface area contributed by atoms with E-state index in [9.17, 15) is 27.2 Å². The summed E-state index contributed by atoms with van der Waals surface area (Å²) in [5.74, 6) is -0.935. The average molecular weight is 608 g/mol. The molecule has 2 aliphatic heterocycles. The molecule has 228 valence electrons. The number of benzene rings is 2. The second kappa shape index (κ2) is 11.3. The molecular formula is C31H29F4N7O2. The molecule has 2 aliphatic rings. The normalized spacial score (nSPS) is 17.4. The summed E-state index contributed by atoms with van der Waals surface area (Å²) in [6, 6.07) is 11.7. The Bertz CT molecular complexity index is 1740. The molecule has 13 heteroatoms. The van der Waals surface area contributed by atoms with E-state index >= 15 is 0 Å². The van der Waals surface area contributed by atoms with Crippen LogP contribution in [0.4, 0.5) is 28.2 Å². The maximum atomic E-state index is 15.0. The number of urea groups is 1. The number of amides is 3. The molecule has 0 radical (unpaired) electrons. The molecule has 4 aromatic rings. The van der Waals surface area contributed by atoms with Gasteiger partial charge in [0.25, 0.3) is 0 Å². The zero-order chi connectivity index (χ0) is 31.2. The predicted molar refractivity (Wildman–Crippen MR) is 156 cm³/mol. The summed E-state index contributed by atoms with van der Waals surface area (Å²) in [4.78, 5) is 38.7. The molecule has 3 amide bonds. The van der Waals surface area contributed by atoms with Gasteiger partial charge in [-0.25, -0.2) is 19.2 Å². The lowest BCUT2D eigenvalue weighted by atomic mass is 9.98. The number of alkyl halides is 3. The van der Waals surface area contributed by atoms with Crippen molar-refractivity contribution in [3.63, 3.8) is 0 Å². The van der Waals surface area contributed by atoms with Crippen LogP contribution >= 0.6 is 0 Å². The molecule has 1 atom stereocenters. The first-order valence-corrected chi connectivity index (χ1v) is 14.1. The summed E-state index contributed by atoms with van der Waals surface area (Å²) in [6.45, 7) is 6.42. The van der Waals surface area contributed by atoms with Crippen molar-refractivity contribution in [3.05, 3.63) is 84.3 Å². The van der Waals surface area contributed by atoms with Gasteiger partial charge in [-0.15, -0.1) is 0 Å². The Hall–Kier alpha value is -4.94. The van der Waals surface area contributed by atoms with Crippen LogP contribution in [0.5, 0.6) is 0 Å². The van der Waals surface area contributed by atoms with Crippen LogP contribution in [0.15, 0.2) is 67.4 Å². The molecule has 6 rings (SSSR count). The summed E-state index contributed by atoms with van der Waals surface area (Å²) in [5.41, 5.74) is 6.45. The van der Waals surface area contributed by atoms with Crippen LogP contribution in [0.3, 0.4) is 0 Å². The fourth-order valence-electron chi connectivity index (χ4n) is 5.90. The van der Waals surface area contributed by atoms with E-state index < -0.39 is 17.6 Å². The van der Waals surface area contributed by atoms with Gasteiger partial charge in [0.15, 0.2) is 5.82 Å². The topological polar surface area (TPSA) is 101 Å². The summed E-state index contributed by atoms with van der Waals surface area (Å²) in [5, 5.41) is 0. The molecule has 0 bridgehead atoms. The van der Waals surface area contributed by atoms with Crippen molar-refractivity contribution >= 4 is 28.8 Å². The SMILES string of the molecule is C=CC(=O)N1CCN(C(=O)N2CC[C@@H](c3ccc(-n4c(-c5cccnc5N)nc5c(F)cc(C(F)(F)F)cc54)cc3)C2)CC1. The quantitative estimate of drug-likeness (QED) is 0.258. The average Bonchev–Trinajstić information content (AvgIpc) is 3.66. The minimum Gasteiger partial charge on any atom is -0.383 e. The highest BCUT2D eigenvalue weighted by Gasteiger charge is 2.34. The highest BCUT2D eigenvalue weighted by atomic mass is 19.4. The molecule has 2 saturated heterocycles. The van der Waals surface area contributed by atoms with Gasteiger partial charge in [0, 0.05) is 57.1 Å². The van der Waals surface area contributed by atoms with Crippen LogP contribution in [-0.4, -0.2) is 80.4 Å². The van der Waals surface area contributed by atoms with Gasteiger partial charge in [0.1, 0.15) is 17.2 Å². The highest BCUT2D eigenvalue weighted by Crippen LogP contribution is 2.37. The Balaban J connectivity index is 1.27. The van der Waals surface area contributed by atoms with Gasteiger partial charge in [0.2, 0.25) is 5.91 Å². The Kier molecular flexibility index (Phi) is 7.48. The smallest absolute Gasteiger partial charge is 0.383 e. The van der Waals surface area contributed by atoms with E-state index in [1.54, 1.807) is 39.0 Å². The number of likely N-dealkylation sites (tertiary alicyclic amines) is 1. The van der Waals surface area contributed by atoms with Gasteiger partial charge in [-0.05, 0) is 54.5 Å². The van der Waals surface area contributed by atoms with Crippen LogP contribution < -0.4 is 5.73 Å². The predicted octanol–water partition coefficient (Wildman–Crippen LogP) is 5.07. The lowest BCUT2D eigenvalue weighted by molar-refractivity contribution is -0.137. The number of piperazine rings is 1. The molecule has 0 unspecified atom stereocenters. The monoisotopic (exact) mass is 607 g/mol. The number of nitrogens with two attached hydrogens (primary N) is 1. The largest absolute Gasteiger partial charge is 0.416 e. The van der Waals surface area contributed by atoms with Crippen LogP contribution in [0.25, 0.3) is 28.1 Å². The summed E-state index contributed by atoms with van der Waals surface area (Å²) < 4.78 is 57.4. The van der Waals surface area contributed by atoms with Crippen molar-refractivity contribution in [1.29, 1.82) is 0 Å². The molecule has 2 fully saturated rings. The van der Waals surface area contributed by atoms with Gasteiger partial charge in [0.05, 0.1) is 16.6 Å². The molecule has 2 aromatic carbocycles. The van der Waals surface area contributed by atoms with Gasteiger partial charge in [-0.3, -0.25) is 9.36 Å². The van der Waals surface area contributed by atoms with E-state index in [2.05, 4.69) is 16.5 Å². The number of carbonyl (C=O) groups is 2. The van der Waals surface area contributed by atoms with E-state index in [1.165, 1.54) is 16.8 Å². The third-order valence-electron chi connectivity index (χ3n) is 8.24. The zero-order valence-electron chi connectivity index (χ0n) is 23.6. The first-order chi connectivity index (χ1) is 21.0. The van der Waals surface area contributed by atoms with Crippen LogP contribution in [-0.2, 0) is 11.0 Å². The maximum Gasteiger partial charge on any atom is 0.416 e. The van der Waals surface area contributed by atoms with E-state index in [4.69, 9.17) is 5.73 Å². The van der Waals surface area contributed by atoms with Crippen molar-refractivity contribution in [1.82, 2.24) is 29.2 Å². The molecule has 4 heterocycles. The van der Waals surface area contributed by atoms with Crippen molar-refractivity contribution in [3.8, 4) is 17.1 Å². The first kappa shape index (κ1) is 29.1. The number of nitrogens with zero attached hydrogens (tertiary/aromatic N) is 6. The van der Waals surface area contributed by atoms with Crippen molar-refractivity contribution in [2.24, 2.45) is 0 Å². The minimum atomic E-state index is -4.76. The molecule has 0 aliphatic carbocycles. The summed E-state index contributed by atoms with van der Waals surface area (Å²) in [7, 11) is 0. The standard InChI is InChI=1S/C31H29F4N7O2/c1-2-26(43)39-12-14-40(15-13-39)30(44)41-11-9-20(18-41)19-5-7-22(8-6-19)42-25-17-21(31(33,34)35)16-24(32)27(25)38-29(42)23-4-3-10-37-28(23)36/h2-8,10,16-17,20H,1,9,11-15,18H2,(H2,36,37)/t20-/m1/s1. The van der Waals surface area contributed by atoms with E-state index in [0.29, 0.717) is 56.6 Å². The number of rotatable bonds is 4. The molecule has 44 heavy (non-hydrogen) atoms. The van der Waals surface area contributed by atoms with Crippen molar-refractivity contribution in [2.45, 2.75) is 18.5 Å². The molecule has 9 nitrogen and oxygen atoms in total. The third-order valence-corrected chi connectivity index (χ3v) is 8.24. The summed E-state index contributed by atoms with van der Waals surface area (Å²) >= 11 is 0. The van der Waals surface area contributed by atoms with Crippen molar-refractivity contribution < 1.29 is 27.2 Å². The third kappa shape index (κ3) is 5.33. The molecule has 0 saturated carbocycles. The lowest BCUT2D eigenvalue weighted by Crippen LogP contribution is -2.53. The number of nitrogen functional groups attached to an aromatic ring is 1. The Morgan fingerprint density at radius 2 is 1.68 bits per heavy atom. The Labute approximate surface area is 250 Å². The number of pyridine rings is 1. The van der Waals surface area contributed by atoms with Gasteiger partial charge >= 0.3 is 12.2 Å². The first-order valence-electron chi connectivity index (χ1n) is 14.1. The van der Waals surface area contributed by atoms with Crippen LogP contribution in [0, 0.1) is 5.82 Å². The van der Waals surface area contributed by atoms with E-state index in [0.717, 1.165) is 18.1 Å². The van der Waals surface area contributed by atoms with Crippen LogP contribution in [0.2, 0.25) is 0 Å². The maximum absolute atomic E-state index is 15.0. The zero-order valence-corrected chi connectivity index (χ0v) is 23.6. The number of carbonyl (C=O) groups excluding carboxylic acids is 2. The number of hydrogen-bond acceptors (Lipinski definition) is 5.